The number of hydrogen-bond donors (Lipinski definition) is 0. The minimum Gasteiger partial charge on any atom is -0.491 e. The quantitative estimate of drug-likeness (QED) is 0.184. The van der Waals surface area contributed by atoms with Gasteiger partial charge in [-0.3, -0.25) is 9.79 Å². The maximum Gasteiger partial charge on any atom is 0.222 e. The number of rotatable bonds is 9. The van der Waals surface area contributed by atoms with Gasteiger partial charge in [-0.15, -0.1) is 0 Å². The van der Waals surface area contributed by atoms with E-state index in [0.717, 1.165) is 41.4 Å². The van der Waals surface area contributed by atoms with Crippen molar-refractivity contribution in [3.63, 3.8) is 0 Å². The van der Waals surface area contributed by atoms with Gasteiger partial charge in [-0.25, -0.2) is 15.0 Å². The van der Waals surface area contributed by atoms with Gasteiger partial charge >= 0.3 is 0 Å². The van der Waals surface area contributed by atoms with Crippen molar-refractivity contribution in [2.24, 2.45) is 9.98 Å². The lowest BCUT2D eigenvalue weighted by Crippen LogP contribution is -2.31. The second-order valence-corrected chi connectivity index (χ2v) is 9.16. The summed E-state index contributed by atoms with van der Waals surface area (Å²) < 4.78 is 5.66. The Morgan fingerprint density at radius 1 is 0.950 bits per heavy atom. The van der Waals surface area contributed by atoms with Crippen molar-refractivity contribution < 1.29 is 9.53 Å². The number of ether oxygens (including phenoxy) is 1. The van der Waals surface area contributed by atoms with Crippen molar-refractivity contribution in [2.75, 3.05) is 20.1 Å². The van der Waals surface area contributed by atoms with Crippen LogP contribution in [0.15, 0.2) is 83.0 Å². The van der Waals surface area contributed by atoms with Crippen molar-refractivity contribution in [1.82, 2.24) is 14.9 Å². The summed E-state index contributed by atoms with van der Waals surface area (Å²) in [7, 11) is 1.76. The lowest BCUT2D eigenvalue weighted by Gasteiger charge is -2.20. The molecule has 1 amide bonds. The molecule has 0 bridgehead atoms. The number of aliphatic imine (C=N–C) groups is 2. The molecule has 0 atom stereocenters. The van der Waals surface area contributed by atoms with Gasteiger partial charge in [-0.1, -0.05) is 50.1 Å². The molecule has 3 aromatic rings. The number of amidine groups is 1. The summed E-state index contributed by atoms with van der Waals surface area (Å²) >= 11 is 0. The van der Waals surface area contributed by atoms with Crippen LogP contribution in [-0.4, -0.2) is 58.6 Å². The monoisotopic (exact) mass is 539 g/mol. The normalized spacial score (nSPS) is 11.2. The summed E-state index contributed by atoms with van der Waals surface area (Å²) in [4.78, 5) is 30.5. The number of aromatic nitrogens is 2. The molecule has 0 radical (unpaired) electrons. The van der Waals surface area contributed by atoms with Gasteiger partial charge in [-0.2, -0.15) is 0 Å². The Kier molecular flexibility index (Phi) is 14.4. The smallest absolute Gasteiger partial charge is 0.222 e. The summed E-state index contributed by atoms with van der Waals surface area (Å²) in [6, 6.07) is 19.8. The van der Waals surface area contributed by atoms with Gasteiger partial charge in [0, 0.05) is 56.6 Å². The highest BCUT2D eigenvalue weighted by Crippen LogP contribution is 2.15. The zero-order chi connectivity index (χ0) is 29.2. The zero-order valence-electron chi connectivity index (χ0n) is 24.6. The van der Waals surface area contributed by atoms with E-state index >= 15 is 0 Å². The maximum atomic E-state index is 11.6. The molecule has 0 aliphatic heterocycles. The van der Waals surface area contributed by atoms with Crippen molar-refractivity contribution in [3.05, 3.63) is 90.0 Å². The van der Waals surface area contributed by atoms with Crippen LogP contribution in [0.3, 0.4) is 0 Å². The third-order valence-corrected chi connectivity index (χ3v) is 5.58. The van der Waals surface area contributed by atoms with Crippen LogP contribution in [0.2, 0.25) is 0 Å². The van der Waals surface area contributed by atoms with E-state index in [2.05, 4.69) is 38.7 Å². The Balaban J connectivity index is 0.000000286. The van der Waals surface area contributed by atoms with E-state index in [-0.39, 0.29) is 12.0 Å². The molecule has 3 rings (SSSR count). The van der Waals surface area contributed by atoms with Crippen molar-refractivity contribution in [3.8, 4) is 17.6 Å². The Morgan fingerprint density at radius 2 is 1.62 bits per heavy atom. The van der Waals surface area contributed by atoms with Crippen molar-refractivity contribution in [1.29, 1.82) is 0 Å². The molecule has 1 aromatic heterocycles. The van der Waals surface area contributed by atoms with Crippen LogP contribution in [0.25, 0.3) is 0 Å². The highest BCUT2D eigenvalue weighted by Gasteiger charge is 2.08. The first-order valence-electron chi connectivity index (χ1n) is 13.8. The zero-order valence-corrected chi connectivity index (χ0v) is 24.6. The fourth-order valence-electron chi connectivity index (χ4n) is 3.65. The van der Waals surface area contributed by atoms with Crippen LogP contribution in [0.5, 0.6) is 5.75 Å². The fourth-order valence-corrected chi connectivity index (χ4v) is 3.65. The molecule has 40 heavy (non-hydrogen) atoms. The van der Waals surface area contributed by atoms with E-state index in [9.17, 15) is 4.79 Å². The molecule has 7 nitrogen and oxygen atoms in total. The van der Waals surface area contributed by atoms with Crippen LogP contribution in [-0.2, 0) is 4.79 Å². The molecule has 2 aromatic carbocycles. The Bertz CT molecular complexity index is 1280. The predicted molar refractivity (Wildman–Crippen MR) is 164 cm³/mol. The minimum atomic E-state index is 0.170. The number of amides is 1. The van der Waals surface area contributed by atoms with Gasteiger partial charge in [0.2, 0.25) is 11.7 Å². The summed E-state index contributed by atoms with van der Waals surface area (Å²) in [5.74, 6) is 8.19. The second kappa shape index (κ2) is 18.1. The van der Waals surface area contributed by atoms with E-state index in [4.69, 9.17) is 4.74 Å². The molecule has 0 aliphatic rings. The van der Waals surface area contributed by atoms with Crippen LogP contribution in [0.4, 0.5) is 0 Å². The maximum absolute atomic E-state index is 11.6. The number of carbonyl (C=O) groups is 1. The van der Waals surface area contributed by atoms with Gasteiger partial charge in [-0.05, 0) is 69.0 Å². The Labute approximate surface area is 239 Å². The molecule has 0 spiro atoms. The number of hydrogen-bond acceptors (Lipinski definition) is 5. The number of benzene rings is 2. The molecule has 0 fully saturated rings. The van der Waals surface area contributed by atoms with Crippen LogP contribution >= 0.6 is 0 Å². The second-order valence-electron chi connectivity index (χ2n) is 9.16. The Hall–Kier alpha value is -4.31. The van der Waals surface area contributed by atoms with Crippen LogP contribution < -0.4 is 4.74 Å². The predicted octanol–water partition coefficient (Wildman–Crippen LogP) is 6.23. The summed E-state index contributed by atoms with van der Waals surface area (Å²) in [5, 5.41) is 0. The molecule has 0 aliphatic carbocycles. The van der Waals surface area contributed by atoms with E-state index in [1.807, 2.05) is 87.2 Å². The van der Waals surface area contributed by atoms with E-state index < -0.39 is 0 Å². The third kappa shape index (κ3) is 11.6. The number of carbonyl (C=O) groups excluding carboxylic acids is 1. The average molecular weight is 540 g/mol. The SMILES string of the molecule is CCCN(CCC#Cc1ncccn1)C(=O)CC.CN=C(N=C(C)c1ccccc1)c1ccc(OC(C)C)cc1. The van der Waals surface area contributed by atoms with Gasteiger partial charge in [0.1, 0.15) is 5.75 Å². The van der Waals surface area contributed by atoms with Crippen molar-refractivity contribution >= 4 is 17.5 Å². The van der Waals surface area contributed by atoms with E-state index in [0.29, 0.717) is 25.2 Å². The van der Waals surface area contributed by atoms with Crippen LogP contribution in [0.1, 0.15) is 70.8 Å². The van der Waals surface area contributed by atoms with Gasteiger partial charge in [0.25, 0.3) is 0 Å². The molecule has 7 heteroatoms. The van der Waals surface area contributed by atoms with Crippen LogP contribution in [0, 0.1) is 11.8 Å². The van der Waals surface area contributed by atoms with E-state index in [1.165, 1.54) is 0 Å². The molecular weight excluding hydrogens is 498 g/mol. The van der Waals surface area contributed by atoms with Gasteiger partial charge in [0.05, 0.1) is 6.10 Å². The summed E-state index contributed by atoms with van der Waals surface area (Å²) in [5.41, 5.74) is 3.03. The summed E-state index contributed by atoms with van der Waals surface area (Å²) in [6.45, 7) is 11.5. The first-order valence-corrected chi connectivity index (χ1v) is 13.8. The molecule has 0 unspecified atom stereocenters. The standard InChI is InChI=1S/C19H22N2O.C14H19N3O/c1-14(2)22-18-12-10-17(11-13-18)19(20-4)21-15(3)16-8-6-5-7-9-16;1-3-11-17(14(18)4-2)12-6-5-8-13-15-9-7-10-16-13/h5-14H,1-4H3;7,9-10H,3-4,6,11-12H2,1-2H3. The molecule has 0 saturated heterocycles. The fraction of sp³-hybridized carbons (Fsp3) is 0.364. The first kappa shape index (κ1) is 31.9. The lowest BCUT2D eigenvalue weighted by atomic mass is 10.1. The molecule has 1 heterocycles. The highest BCUT2D eigenvalue weighted by molar-refractivity contribution is 6.11. The highest BCUT2D eigenvalue weighted by atomic mass is 16.5. The molecular formula is C33H41N5O2. The van der Waals surface area contributed by atoms with E-state index in [1.54, 1.807) is 25.5 Å². The topological polar surface area (TPSA) is 80.0 Å². The molecule has 0 saturated carbocycles. The molecule has 210 valence electrons. The lowest BCUT2D eigenvalue weighted by molar-refractivity contribution is -0.130. The molecule has 0 N–H and O–H groups in total. The first-order chi connectivity index (χ1) is 19.4. The Morgan fingerprint density at radius 3 is 2.20 bits per heavy atom. The minimum absolute atomic E-state index is 0.170. The summed E-state index contributed by atoms with van der Waals surface area (Å²) in [6.07, 6.45) is 5.69. The van der Waals surface area contributed by atoms with Gasteiger partial charge in [0.15, 0.2) is 5.84 Å². The third-order valence-electron chi connectivity index (χ3n) is 5.58. The van der Waals surface area contributed by atoms with Crippen molar-refractivity contribution in [2.45, 2.75) is 60.0 Å². The largest absolute Gasteiger partial charge is 0.491 e. The average Bonchev–Trinajstić information content (AvgIpc) is 2.98. The number of nitrogens with zero attached hydrogens (tertiary/aromatic N) is 5. The van der Waals surface area contributed by atoms with Gasteiger partial charge < -0.3 is 9.64 Å².